The minimum atomic E-state index is -5.08. The largest absolute Gasteiger partial charge is 0.495 e. The van der Waals surface area contributed by atoms with Gasteiger partial charge in [0.25, 0.3) is 10.0 Å². The minimum Gasteiger partial charge on any atom is -0.495 e. The molecule has 2 aromatic carbocycles. The maximum atomic E-state index is 14.1. The SMILES string of the molecule is COc1ccc(C(=O)O)cc1S(=O)(=O)Nc1cc(C(F)(F)F)c(F)cc1-n1cccc1. The molecule has 164 valence electrons. The Bertz CT molecular complexity index is 1240. The highest BCUT2D eigenvalue weighted by Gasteiger charge is 2.36. The van der Waals surface area contributed by atoms with E-state index in [1.165, 1.54) is 29.1 Å². The van der Waals surface area contributed by atoms with Crippen LogP contribution in [0, 0.1) is 5.82 Å². The first kappa shape index (κ1) is 22.2. The number of nitrogens with one attached hydrogen (secondary N) is 1. The Balaban J connectivity index is 2.19. The van der Waals surface area contributed by atoms with E-state index in [-0.39, 0.29) is 17.0 Å². The number of benzene rings is 2. The predicted octanol–water partition coefficient (Wildman–Crippen LogP) is 4.14. The van der Waals surface area contributed by atoms with Gasteiger partial charge in [-0.25, -0.2) is 17.6 Å². The Kier molecular flexibility index (Phi) is 5.68. The lowest BCUT2D eigenvalue weighted by atomic mass is 10.1. The molecule has 0 unspecified atom stereocenters. The topological polar surface area (TPSA) is 97.6 Å². The Labute approximate surface area is 173 Å². The summed E-state index contributed by atoms with van der Waals surface area (Å²) in [6, 6.07) is 6.89. The fraction of sp³-hybridized carbons (Fsp3) is 0.105. The highest BCUT2D eigenvalue weighted by atomic mass is 32.2. The molecular weight excluding hydrogens is 444 g/mol. The Hall–Kier alpha value is -3.54. The highest BCUT2D eigenvalue weighted by Crippen LogP contribution is 2.37. The van der Waals surface area contributed by atoms with Gasteiger partial charge in [0.1, 0.15) is 16.5 Å². The van der Waals surface area contributed by atoms with Crippen molar-refractivity contribution in [3.8, 4) is 11.4 Å². The number of rotatable bonds is 6. The monoisotopic (exact) mass is 458 g/mol. The number of aromatic carboxylic acids is 1. The first-order valence-electron chi connectivity index (χ1n) is 8.42. The fourth-order valence-electron chi connectivity index (χ4n) is 2.79. The molecule has 0 radical (unpaired) electrons. The number of carboxylic acid groups (broad SMARTS) is 1. The van der Waals surface area contributed by atoms with Crippen LogP contribution in [0.15, 0.2) is 59.8 Å². The number of anilines is 1. The second-order valence-corrected chi connectivity index (χ2v) is 7.86. The average molecular weight is 458 g/mol. The highest BCUT2D eigenvalue weighted by molar-refractivity contribution is 7.92. The molecule has 0 bridgehead atoms. The number of halogens is 4. The van der Waals surface area contributed by atoms with Crippen LogP contribution in [0.1, 0.15) is 15.9 Å². The maximum Gasteiger partial charge on any atom is 0.419 e. The molecule has 0 aliphatic heterocycles. The van der Waals surface area contributed by atoms with Crippen LogP contribution in [0.5, 0.6) is 5.75 Å². The summed E-state index contributed by atoms with van der Waals surface area (Å²) < 4.78 is 87.8. The van der Waals surface area contributed by atoms with Crippen LogP contribution < -0.4 is 9.46 Å². The number of methoxy groups -OCH3 is 1. The van der Waals surface area contributed by atoms with Gasteiger partial charge in [0.15, 0.2) is 0 Å². The quantitative estimate of drug-likeness (QED) is 0.541. The molecule has 0 fully saturated rings. The number of carbonyl (C=O) groups is 1. The van der Waals surface area contributed by atoms with Crippen LogP contribution in [-0.4, -0.2) is 31.2 Å². The van der Waals surface area contributed by atoms with E-state index in [1.807, 2.05) is 4.72 Å². The standard InChI is InChI=1S/C19H14F4N2O5S/c1-30-16-5-4-11(18(26)27)8-17(16)31(28,29)24-14-9-12(19(21,22)23)13(20)10-15(14)25-6-2-3-7-25/h2-10,24H,1H3,(H,26,27). The number of carboxylic acids is 1. The fourth-order valence-corrected chi connectivity index (χ4v) is 4.05. The molecule has 1 heterocycles. The molecule has 0 aliphatic carbocycles. The Morgan fingerprint density at radius 3 is 2.32 bits per heavy atom. The molecule has 0 saturated carbocycles. The van der Waals surface area contributed by atoms with Crippen LogP contribution in [0.25, 0.3) is 5.69 Å². The van der Waals surface area contributed by atoms with Gasteiger partial charge in [0.05, 0.1) is 29.6 Å². The van der Waals surface area contributed by atoms with Gasteiger partial charge >= 0.3 is 12.1 Å². The van der Waals surface area contributed by atoms with Gasteiger partial charge in [-0.2, -0.15) is 13.2 Å². The zero-order chi connectivity index (χ0) is 23.0. The van der Waals surface area contributed by atoms with Crippen molar-refractivity contribution in [3.05, 3.63) is 71.8 Å². The summed E-state index contributed by atoms with van der Waals surface area (Å²) in [5.74, 6) is -3.25. The number of alkyl halides is 3. The molecule has 12 heteroatoms. The summed E-state index contributed by atoms with van der Waals surface area (Å²) in [7, 11) is -3.50. The summed E-state index contributed by atoms with van der Waals surface area (Å²) in [5.41, 5.74) is -2.85. The summed E-state index contributed by atoms with van der Waals surface area (Å²) in [6.45, 7) is 0. The van der Waals surface area contributed by atoms with Crippen molar-refractivity contribution in [2.75, 3.05) is 11.8 Å². The molecule has 1 aromatic heterocycles. The Morgan fingerprint density at radius 1 is 1.13 bits per heavy atom. The van der Waals surface area contributed by atoms with E-state index in [4.69, 9.17) is 9.84 Å². The van der Waals surface area contributed by atoms with Crippen molar-refractivity contribution >= 4 is 21.7 Å². The molecular formula is C19H14F4N2O5S. The number of nitrogens with zero attached hydrogens (tertiary/aromatic N) is 1. The number of sulfonamides is 1. The van der Waals surface area contributed by atoms with E-state index in [0.717, 1.165) is 25.3 Å². The van der Waals surface area contributed by atoms with Gasteiger partial charge in [0.2, 0.25) is 0 Å². The van der Waals surface area contributed by atoms with Crippen LogP contribution in [0.4, 0.5) is 23.2 Å². The minimum absolute atomic E-state index is 0.215. The number of ether oxygens (including phenoxy) is 1. The zero-order valence-corrected chi connectivity index (χ0v) is 16.5. The van der Waals surface area contributed by atoms with Gasteiger partial charge in [-0.15, -0.1) is 0 Å². The van der Waals surface area contributed by atoms with Crippen molar-refractivity contribution in [1.82, 2.24) is 4.57 Å². The summed E-state index contributed by atoms with van der Waals surface area (Å²) >= 11 is 0. The van der Waals surface area contributed by atoms with Gasteiger partial charge in [-0.1, -0.05) is 0 Å². The molecule has 0 spiro atoms. The van der Waals surface area contributed by atoms with E-state index in [9.17, 15) is 30.8 Å². The summed E-state index contributed by atoms with van der Waals surface area (Å²) in [6.07, 6.45) is -2.32. The third-order valence-electron chi connectivity index (χ3n) is 4.22. The van der Waals surface area contributed by atoms with Crippen LogP contribution in [0.3, 0.4) is 0 Å². The van der Waals surface area contributed by atoms with Crippen molar-refractivity contribution in [3.63, 3.8) is 0 Å². The predicted molar refractivity (Wildman–Crippen MR) is 101 cm³/mol. The molecule has 2 N–H and O–H groups in total. The average Bonchev–Trinajstić information content (AvgIpc) is 3.22. The van der Waals surface area contributed by atoms with E-state index in [2.05, 4.69) is 0 Å². The van der Waals surface area contributed by atoms with Gasteiger partial charge in [-0.05, 0) is 36.4 Å². The molecule has 3 rings (SSSR count). The Morgan fingerprint density at radius 2 is 1.77 bits per heavy atom. The number of hydrogen-bond donors (Lipinski definition) is 2. The molecule has 0 saturated heterocycles. The van der Waals surface area contributed by atoms with Crippen molar-refractivity contribution < 1.29 is 40.6 Å². The first-order chi connectivity index (χ1) is 14.4. The van der Waals surface area contributed by atoms with Crippen molar-refractivity contribution in [1.29, 1.82) is 0 Å². The second-order valence-electron chi connectivity index (χ2n) is 6.21. The van der Waals surface area contributed by atoms with Crippen molar-refractivity contribution in [2.45, 2.75) is 11.1 Å². The molecule has 0 atom stereocenters. The third kappa shape index (κ3) is 4.48. The lowest BCUT2D eigenvalue weighted by Gasteiger charge is -2.18. The molecule has 3 aromatic rings. The lowest BCUT2D eigenvalue weighted by molar-refractivity contribution is -0.139. The number of aromatic nitrogens is 1. The third-order valence-corrected chi connectivity index (χ3v) is 5.60. The van der Waals surface area contributed by atoms with E-state index < -0.39 is 44.1 Å². The van der Waals surface area contributed by atoms with Crippen molar-refractivity contribution in [2.24, 2.45) is 0 Å². The molecule has 0 amide bonds. The van der Waals surface area contributed by atoms with E-state index in [0.29, 0.717) is 12.1 Å². The maximum absolute atomic E-state index is 14.1. The van der Waals surface area contributed by atoms with Crippen LogP contribution >= 0.6 is 0 Å². The van der Waals surface area contributed by atoms with Crippen LogP contribution in [-0.2, 0) is 16.2 Å². The smallest absolute Gasteiger partial charge is 0.419 e. The van der Waals surface area contributed by atoms with Gasteiger partial charge < -0.3 is 14.4 Å². The summed E-state index contributed by atoms with van der Waals surface area (Å²) in [4.78, 5) is 10.6. The van der Waals surface area contributed by atoms with Gasteiger partial charge in [-0.3, -0.25) is 4.72 Å². The normalized spacial score (nSPS) is 11.9. The van der Waals surface area contributed by atoms with E-state index in [1.54, 1.807) is 0 Å². The zero-order valence-electron chi connectivity index (χ0n) is 15.6. The summed E-state index contributed by atoms with van der Waals surface area (Å²) in [5, 5.41) is 9.13. The first-order valence-corrected chi connectivity index (χ1v) is 9.90. The molecule has 7 nitrogen and oxygen atoms in total. The second kappa shape index (κ2) is 7.95. The molecule has 31 heavy (non-hydrogen) atoms. The van der Waals surface area contributed by atoms with Gasteiger partial charge in [0, 0.05) is 18.5 Å². The van der Waals surface area contributed by atoms with E-state index >= 15 is 0 Å². The number of hydrogen-bond acceptors (Lipinski definition) is 4. The van der Waals surface area contributed by atoms with Crippen LogP contribution in [0.2, 0.25) is 0 Å². The lowest BCUT2D eigenvalue weighted by Crippen LogP contribution is -2.18. The molecule has 0 aliphatic rings.